The van der Waals surface area contributed by atoms with Crippen LogP contribution in [0.4, 0.5) is 10.5 Å². The molecule has 2 aromatic carbocycles. The summed E-state index contributed by atoms with van der Waals surface area (Å²) in [4.78, 5) is 36.3. The van der Waals surface area contributed by atoms with Crippen LogP contribution in [-0.4, -0.2) is 51.1 Å². The Hall–Kier alpha value is -3.53. The first-order valence-corrected chi connectivity index (χ1v) is 12.9. The van der Waals surface area contributed by atoms with Crippen molar-refractivity contribution in [3.63, 3.8) is 0 Å². The summed E-state index contributed by atoms with van der Waals surface area (Å²) in [7, 11) is 0. The Kier molecular flexibility index (Phi) is 6.89. The van der Waals surface area contributed by atoms with Crippen LogP contribution in [-0.2, 0) is 11.3 Å². The van der Waals surface area contributed by atoms with E-state index in [-0.39, 0.29) is 29.9 Å². The van der Waals surface area contributed by atoms with Gasteiger partial charge in [0, 0.05) is 40.6 Å². The van der Waals surface area contributed by atoms with E-state index in [1.807, 2.05) is 42.1 Å². The van der Waals surface area contributed by atoms with E-state index >= 15 is 0 Å². The molecule has 5 N–H and O–H groups in total. The van der Waals surface area contributed by atoms with Gasteiger partial charge in [-0.25, -0.2) is 4.79 Å². The summed E-state index contributed by atoms with van der Waals surface area (Å²) >= 11 is 1.90. The highest BCUT2D eigenvalue weighted by molar-refractivity contribution is 8.00. The summed E-state index contributed by atoms with van der Waals surface area (Å²) in [5.41, 5.74) is 3.11. The molecule has 2 aliphatic rings. The minimum absolute atomic E-state index is 0.0224. The third kappa shape index (κ3) is 5.59. The van der Waals surface area contributed by atoms with Gasteiger partial charge in [0.05, 0.1) is 23.8 Å². The van der Waals surface area contributed by atoms with Gasteiger partial charge in [0.1, 0.15) is 0 Å². The van der Waals surface area contributed by atoms with Gasteiger partial charge >= 0.3 is 6.03 Å². The molecule has 0 aliphatic carbocycles. The van der Waals surface area contributed by atoms with E-state index in [1.54, 1.807) is 18.3 Å². The van der Waals surface area contributed by atoms with Gasteiger partial charge in [0.2, 0.25) is 5.91 Å². The summed E-state index contributed by atoms with van der Waals surface area (Å²) in [6.07, 6.45) is 4.98. The maximum Gasteiger partial charge on any atom is 0.315 e. The van der Waals surface area contributed by atoms with Gasteiger partial charge in [-0.3, -0.25) is 14.7 Å². The van der Waals surface area contributed by atoms with Crippen LogP contribution in [0.1, 0.15) is 41.6 Å². The number of carbonyl (C=O) groups is 3. The number of fused-ring (bicyclic) bond motifs is 2. The summed E-state index contributed by atoms with van der Waals surface area (Å²) in [6.45, 7) is 0.428. The lowest BCUT2D eigenvalue weighted by molar-refractivity contribution is -0.121. The van der Waals surface area contributed by atoms with Crippen molar-refractivity contribution in [2.45, 2.75) is 49.6 Å². The topological polar surface area (TPSA) is 128 Å². The Balaban J connectivity index is 1.01. The molecule has 2 saturated heterocycles. The quantitative estimate of drug-likeness (QED) is 0.232. The molecule has 0 radical (unpaired) electrons. The molecule has 35 heavy (non-hydrogen) atoms. The van der Waals surface area contributed by atoms with Crippen LogP contribution in [0.2, 0.25) is 0 Å². The molecular weight excluding hydrogens is 464 g/mol. The molecule has 2 aliphatic heterocycles. The van der Waals surface area contributed by atoms with E-state index in [1.165, 1.54) is 0 Å². The predicted octanol–water partition coefficient (Wildman–Crippen LogP) is 3.16. The van der Waals surface area contributed by atoms with E-state index < -0.39 is 0 Å². The normalized spacial score (nSPS) is 20.8. The molecule has 2 fully saturated rings. The van der Waals surface area contributed by atoms with Crippen LogP contribution >= 0.6 is 11.8 Å². The largest absolute Gasteiger partial charge is 0.352 e. The Labute approximate surface area is 207 Å². The smallest absolute Gasteiger partial charge is 0.315 e. The molecule has 4 amide bonds. The van der Waals surface area contributed by atoms with Gasteiger partial charge < -0.3 is 21.3 Å². The summed E-state index contributed by atoms with van der Waals surface area (Å²) < 4.78 is 0. The number of urea groups is 1. The van der Waals surface area contributed by atoms with Crippen LogP contribution in [0, 0.1) is 0 Å². The van der Waals surface area contributed by atoms with Gasteiger partial charge in [0.25, 0.3) is 5.91 Å². The number of benzene rings is 2. The van der Waals surface area contributed by atoms with Crippen molar-refractivity contribution in [1.29, 1.82) is 0 Å². The molecule has 0 saturated carbocycles. The number of aromatic amines is 1. The minimum atomic E-state index is -0.192. The molecular formula is C25H28N6O3S. The van der Waals surface area contributed by atoms with Crippen LogP contribution in [0.5, 0.6) is 0 Å². The van der Waals surface area contributed by atoms with Crippen LogP contribution < -0.4 is 21.3 Å². The summed E-state index contributed by atoms with van der Waals surface area (Å²) in [5.74, 6) is 0.785. The highest BCUT2D eigenvalue weighted by atomic mass is 32.2. The molecule has 9 nitrogen and oxygen atoms in total. The molecule has 3 unspecified atom stereocenters. The number of rotatable bonds is 9. The van der Waals surface area contributed by atoms with Gasteiger partial charge in [-0.05, 0) is 48.7 Å². The van der Waals surface area contributed by atoms with E-state index in [9.17, 15) is 14.4 Å². The molecule has 1 aromatic heterocycles. The third-order valence-corrected chi connectivity index (χ3v) is 7.99. The zero-order valence-corrected chi connectivity index (χ0v) is 20.0. The summed E-state index contributed by atoms with van der Waals surface area (Å²) in [5, 5.41) is 20.0. The van der Waals surface area contributed by atoms with Crippen LogP contribution in [0.25, 0.3) is 10.9 Å². The Morgan fingerprint density at radius 1 is 1.09 bits per heavy atom. The number of nitrogens with zero attached hydrogens (tertiary/aromatic N) is 1. The first kappa shape index (κ1) is 23.2. The van der Waals surface area contributed by atoms with Crippen molar-refractivity contribution >= 4 is 46.2 Å². The Morgan fingerprint density at radius 3 is 2.80 bits per heavy atom. The van der Waals surface area contributed by atoms with Gasteiger partial charge in [0.15, 0.2) is 0 Å². The molecule has 5 rings (SSSR count). The number of anilines is 1. The lowest BCUT2D eigenvalue weighted by atomic mass is 10.0. The van der Waals surface area contributed by atoms with Crippen molar-refractivity contribution in [2.24, 2.45) is 0 Å². The number of unbranched alkanes of at least 4 members (excludes halogenated alkanes) is 1. The van der Waals surface area contributed by atoms with Crippen molar-refractivity contribution in [3.05, 3.63) is 59.8 Å². The number of amides is 4. The fourth-order valence-corrected chi connectivity index (χ4v) is 6.10. The number of aromatic nitrogens is 2. The van der Waals surface area contributed by atoms with Crippen molar-refractivity contribution in [2.75, 3.05) is 11.1 Å². The summed E-state index contributed by atoms with van der Waals surface area (Å²) in [6, 6.07) is 13.2. The van der Waals surface area contributed by atoms with Crippen molar-refractivity contribution < 1.29 is 14.4 Å². The van der Waals surface area contributed by atoms with Gasteiger partial charge in [-0.1, -0.05) is 18.6 Å². The van der Waals surface area contributed by atoms with Gasteiger partial charge in [-0.2, -0.15) is 16.9 Å². The van der Waals surface area contributed by atoms with Crippen LogP contribution in [0.15, 0.2) is 48.7 Å². The fraction of sp³-hybridized carbons (Fsp3) is 0.360. The van der Waals surface area contributed by atoms with Crippen molar-refractivity contribution in [3.8, 4) is 0 Å². The predicted molar refractivity (Wildman–Crippen MR) is 136 cm³/mol. The van der Waals surface area contributed by atoms with E-state index in [4.69, 9.17) is 0 Å². The zero-order valence-electron chi connectivity index (χ0n) is 19.2. The van der Waals surface area contributed by atoms with Crippen LogP contribution in [0.3, 0.4) is 0 Å². The maximum atomic E-state index is 12.6. The first-order valence-electron chi connectivity index (χ1n) is 11.8. The van der Waals surface area contributed by atoms with E-state index in [0.29, 0.717) is 29.5 Å². The van der Waals surface area contributed by atoms with Gasteiger partial charge in [-0.15, -0.1) is 0 Å². The van der Waals surface area contributed by atoms with E-state index in [0.717, 1.165) is 41.5 Å². The number of nitrogens with one attached hydrogen (secondary N) is 5. The highest BCUT2D eigenvalue weighted by Crippen LogP contribution is 2.33. The van der Waals surface area contributed by atoms with E-state index in [2.05, 4.69) is 31.5 Å². The second-order valence-electron chi connectivity index (χ2n) is 8.97. The standard InChI is InChI=1S/C25H28N6O3S/c32-22(4-2-1-3-21-23-20(14-35-21)29-25(34)30-23)26-12-15-5-7-16(8-6-15)24(33)28-18-9-10-19-17(11-18)13-27-31-19/h5-11,13,20-21,23H,1-4,12,14H2,(H,26,32)(H,27,31)(H,28,33)(H2,29,30,34). The molecule has 3 aromatic rings. The molecule has 182 valence electrons. The first-order chi connectivity index (χ1) is 17.0. The molecule has 10 heteroatoms. The maximum absolute atomic E-state index is 12.6. The number of carbonyl (C=O) groups excluding carboxylic acids is 3. The highest BCUT2D eigenvalue weighted by Gasteiger charge is 2.42. The number of thioether (sulfide) groups is 1. The molecule has 0 bridgehead atoms. The second kappa shape index (κ2) is 10.4. The average molecular weight is 493 g/mol. The number of hydrogen-bond donors (Lipinski definition) is 5. The average Bonchev–Trinajstić information content (AvgIpc) is 3.57. The fourth-order valence-electron chi connectivity index (χ4n) is 4.56. The Morgan fingerprint density at radius 2 is 1.94 bits per heavy atom. The molecule has 3 atom stereocenters. The monoisotopic (exact) mass is 492 g/mol. The Bertz CT molecular complexity index is 1230. The minimum Gasteiger partial charge on any atom is -0.352 e. The SMILES string of the molecule is O=C(CCCCC1SCC2NC(=O)NC21)NCc1ccc(C(=O)Nc2ccc3[nH]ncc3c2)cc1. The third-order valence-electron chi connectivity index (χ3n) is 6.48. The lowest BCUT2D eigenvalue weighted by Gasteiger charge is -2.16. The zero-order chi connectivity index (χ0) is 24.2. The second-order valence-corrected chi connectivity index (χ2v) is 10.2. The lowest BCUT2D eigenvalue weighted by Crippen LogP contribution is -2.36. The van der Waals surface area contributed by atoms with Crippen molar-refractivity contribution in [1.82, 2.24) is 26.1 Å². The number of H-pyrrole nitrogens is 1. The molecule has 0 spiro atoms. The number of hydrogen-bond acceptors (Lipinski definition) is 5. The molecule has 3 heterocycles.